The van der Waals surface area contributed by atoms with Crippen molar-refractivity contribution < 1.29 is 0 Å². The molecule has 0 saturated heterocycles. The van der Waals surface area contributed by atoms with Crippen molar-refractivity contribution >= 4 is 17.0 Å². The molecule has 16 heavy (non-hydrogen) atoms. The van der Waals surface area contributed by atoms with E-state index in [0.717, 1.165) is 25.2 Å². The van der Waals surface area contributed by atoms with Crippen LogP contribution in [0.4, 0.5) is 5.69 Å². The Morgan fingerprint density at radius 3 is 2.81 bits per heavy atom. The van der Waals surface area contributed by atoms with Gasteiger partial charge in [-0.25, -0.2) is 0 Å². The molecule has 0 aliphatic heterocycles. The average Bonchev–Trinajstić information content (AvgIpc) is 2.79. The third kappa shape index (κ3) is 3.08. The number of nitrogens with one attached hydrogen (secondary N) is 1. The van der Waals surface area contributed by atoms with E-state index in [4.69, 9.17) is 5.73 Å². The van der Waals surface area contributed by atoms with Crippen molar-refractivity contribution in [3.8, 4) is 0 Å². The molecule has 0 spiro atoms. The van der Waals surface area contributed by atoms with Gasteiger partial charge in [-0.05, 0) is 47.0 Å². The van der Waals surface area contributed by atoms with Crippen LogP contribution in [-0.4, -0.2) is 6.54 Å². The van der Waals surface area contributed by atoms with E-state index in [2.05, 4.69) is 28.2 Å². The quantitative estimate of drug-likeness (QED) is 0.614. The van der Waals surface area contributed by atoms with Crippen LogP contribution in [0.15, 0.2) is 41.1 Å². The second-order valence-electron chi connectivity index (χ2n) is 3.76. The molecule has 0 amide bonds. The van der Waals surface area contributed by atoms with Gasteiger partial charge < -0.3 is 11.1 Å². The second-order valence-corrected chi connectivity index (χ2v) is 4.54. The Hall–Kier alpha value is -1.32. The maximum absolute atomic E-state index is 5.86. The van der Waals surface area contributed by atoms with Crippen LogP contribution in [0, 0.1) is 0 Å². The first-order valence-electron chi connectivity index (χ1n) is 5.41. The molecule has 3 heteroatoms. The molecule has 0 bridgehead atoms. The standard InChI is InChI=1S/C13H16N2S/c14-13-4-2-1-3-12(13)9-15-7-5-11-6-8-16-10-11/h1-4,6,8,10,15H,5,7,9,14H2. The summed E-state index contributed by atoms with van der Waals surface area (Å²) in [7, 11) is 0. The minimum Gasteiger partial charge on any atom is -0.398 e. The van der Waals surface area contributed by atoms with Crippen LogP contribution in [0.5, 0.6) is 0 Å². The van der Waals surface area contributed by atoms with E-state index in [1.54, 1.807) is 11.3 Å². The Balaban J connectivity index is 1.74. The molecule has 0 saturated carbocycles. The molecule has 0 aliphatic rings. The molecule has 0 radical (unpaired) electrons. The van der Waals surface area contributed by atoms with Gasteiger partial charge in [0.05, 0.1) is 0 Å². The third-order valence-electron chi connectivity index (χ3n) is 2.54. The van der Waals surface area contributed by atoms with Crippen LogP contribution in [0.3, 0.4) is 0 Å². The molecule has 1 aromatic carbocycles. The normalized spacial score (nSPS) is 10.5. The van der Waals surface area contributed by atoms with Crippen molar-refractivity contribution in [1.82, 2.24) is 5.32 Å². The number of nitrogen functional groups attached to an aromatic ring is 1. The van der Waals surface area contributed by atoms with Gasteiger partial charge >= 0.3 is 0 Å². The van der Waals surface area contributed by atoms with Crippen molar-refractivity contribution in [1.29, 1.82) is 0 Å². The highest BCUT2D eigenvalue weighted by Gasteiger charge is 1.97. The Morgan fingerprint density at radius 1 is 1.19 bits per heavy atom. The molecule has 1 aromatic heterocycles. The number of anilines is 1. The maximum Gasteiger partial charge on any atom is 0.0359 e. The number of para-hydroxylation sites is 1. The molecule has 2 aromatic rings. The Bertz CT molecular complexity index is 423. The lowest BCUT2D eigenvalue weighted by Crippen LogP contribution is -2.17. The predicted molar refractivity (Wildman–Crippen MR) is 70.6 cm³/mol. The zero-order valence-electron chi connectivity index (χ0n) is 9.15. The van der Waals surface area contributed by atoms with Crippen LogP contribution in [-0.2, 0) is 13.0 Å². The lowest BCUT2D eigenvalue weighted by molar-refractivity contribution is 0.689. The SMILES string of the molecule is Nc1ccccc1CNCCc1ccsc1. The Labute approximate surface area is 100 Å². The van der Waals surface area contributed by atoms with Crippen molar-refractivity contribution in [2.75, 3.05) is 12.3 Å². The minimum absolute atomic E-state index is 0.844. The number of rotatable bonds is 5. The number of nitrogens with two attached hydrogens (primary N) is 1. The topological polar surface area (TPSA) is 38.0 Å². The molecule has 2 rings (SSSR count). The van der Waals surface area contributed by atoms with Gasteiger partial charge in [-0.15, -0.1) is 0 Å². The van der Waals surface area contributed by atoms with Gasteiger partial charge in [0.25, 0.3) is 0 Å². The highest BCUT2D eigenvalue weighted by molar-refractivity contribution is 7.07. The minimum atomic E-state index is 0.844. The summed E-state index contributed by atoms with van der Waals surface area (Å²) in [6.45, 7) is 1.84. The summed E-state index contributed by atoms with van der Waals surface area (Å²) in [4.78, 5) is 0. The lowest BCUT2D eigenvalue weighted by atomic mass is 10.2. The van der Waals surface area contributed by atoms with E-state index >= 15 is 0 Å². The van der Waals surface area contributed by atoms with Crippen molar-refractivity contribution in [3.05, 3.63) is 52.2 Å². The van der Waals surface area contributed by atoms with E-state index in [1.807, 2.05) is 18.2 Å². The summed E-state index contributed by atoms with van der Waals surface area (Å²) in [5.41, 5.74) is 9.30. The van der Waals surface area contributed by atoms with Gasteiger partial charge in [0.1, 0.15) is 0 Å². The Kier molecular flexibility index (Phi) is 3.97. The van der Waals surface area contributed by atoms with Gasteiger partial charge in [-0.3, -0.25) is 0 Å². The molecule has 1 heterocycles. The summed E-state index contributed by atoms with van der Waals surface area (Å²) in [5, 5.41) is 7.71. The van der Waals surface area contributed by atoms with Gasteiger partial charge in [0.2, 0.25) is 0 Å². The number of thiophene rings is 1. The summed E-state index contributed by atoms with van der Waals surface area (Å²) in [5.74, 6) is 0. The van der Waals surface area contributed by atoms with Gasteiger partial charge in [-0.2, -0.15) is 11.3 Å². The van der Waals surface area contributed by atoms with E-state index in [1.165, 1.54) is 11.1 Å². The average molecular weight is 232 g/mol. The summed E-state index contributed by atoms with van der Waals surface area (Å²) in [6, 6.07) is 10.2. The largest absolute Gasteiger partial charge is 0.398 e. The zero-order valence-corrected chi connectivity index (χ0v) is 9.96. The van der Waals surface area contributed by atoms with Gasteiger partial charge in [-0.1, -0.05) is 18.2 Å². The fourth-order valence-corrected chi connectivity index (χ4v) is 2.29. The van der Waals surface area contributed by atoms with Crippen LogP contribution in [0.25, 0.3) is 0 Å². The first-order valence-corrected chi connectivity index (χ1v) is 6.36. The lowest BCUT2D eigenvalue weighted by Gasteiger charge is -2.06. The van der Waals surface area contributed by atoms with Crippen molar-refractivity contribution in [2.24, 2.45) is 0 Å². The highest BCUT2D eigenvalue weighted by atomic mass is 32.1. The number of benzene rings is 1. The van der Waals surface area contributed by atoms with Crippen LogP contribution >= 0.6 is 11.3 Å². The molecule has 0 unspecified atom stereocenters. The van der Waals surface area contributed by atoms with E-state index in [-0.39, 0.29) is 0 Å². The van der Waals surface area contributed by atoms with Crippen molar-refractivity contribution in [2.45, 2.75) is 13.0 Å². The highest BCUT2D eigenvalue weighted by Crippen LogP contribution is 2.10. The van der Waals surface area contributed by atoms with Crippen LogP contribution in [0.1, 0.15) is 11.1 Å². The molecular weight excluding hydrogens is 216 g/mol. The summed E-state index contributed by atoms with van der Waals surface area (Å²) >= 11 is 1.75. The molecular formula is C13H16N2S. The fraction of sp³-hybridized carbons (Fsp3) is 0.231. The molecule has 0 aliphatic carbocycles. The van der Waals surface area contributed by atoms with Crippen LogP contribution in [0.2, 0.25) is 0 Å². The maximum atomic E-state index is 5.86. The monoisotopic (exact) mass is 232 g/mol. The number of hydrogen-bond acceptors (Lipinski definition) is 3. The predicted octanol–water partition coefficient (Wildman–Crippen LogP) is 2.66. The van der Waals surface area contributed by atoms with E-state index in [0.29, 0.717) is 0 Å². The molecule has 0 atom stereocenters. The third-order valence-corrected chi connectivity index (χ3v) is 3.27. The van der Waals surface area contributed by atoms with Crippen molar-refractivity contribution in [3.63, 3.8) is 0 Å². The smallest absolute Gasteiger partial charge is 0.0359 e. The van der Waals surface area contributed by atoms with Gasteiger partial charge in [0, 0.05) is 12.2 Å². The van der Waals surface area contributed by atoms with Crippen LogP contribution < -0.4 is 11.1 Å². The summed E-state index contributed by atoms with van der Waals surface area (Å²) in [6.07, 6.45) is 1.08. The second kappa shape index (κ2) is 5.68. The van der Waals surface area contributed by atoms with Gasteiger partial charge in [0.15, 0.2) is 0 Å². The first-order chi connectivity index (χ1) is 7.86. The van der Waals surface area contributed by atoms with E-state index < -0.39 is 0 Å². The molecule has 0 fully saturated rings. The fourth-order valence-electron chi connectivity index (χ4n) is 1.59. The molecule has 3 N–H and O–H groups in total. The number of hydrogen-bond donors (Lipinski definition) is 2. The summed E-state index contributed by atoms with van der Waals surface area (Å²) < 4.78 is 0. The molecule has 2 nitrogen and oxygen atoms in total. The Morgan fingerprint density at radius 2 is 2.06 bits per heavy atom. The first kappa shape index (κ1) is 11.2. The van der Waals surface area contributed by atoms with E-state index in [9.17, 15) is 0 Å². The molecule has 84 valence electrons. The zero-order chi connectivity index (χ0) is 11.2.